The van der Waals surface area contributed by atoms with Crippen LogP contribution in [0.3, 0.4) is 0 Å². The molecule has 5 heteroatoms. The van der Waals surface area contributed by atoms with Crippen LogP contribution < -0.4 is 9.47 Å². The normalized spacial score (nSPS) is 28.4. The Hall–Kier alpha value is -1.62. The van der Waals surface area contributed by atoms with Gasteiger partial charge in [0.25, 0.3) is 0 Å². The highest BCUT2D eigenvalue weighted by atomic mass is 19.2. The van der Waals surface area contributed by atoms with Gasteiger partial charge in [0.15, 0.2) is 11.5 Å². The zero-order valence-corrected chi connectivity index (χ0v) is 17.0. The molecule has 2 aliphatic rings. The van der Waals surface area contributed by atoms with E-state index in [-0.39, 0.29) is 11.5 Å². The topological polar surface area (TPSA) is 27.7 Å². The first-order valence-corrected chi connectivity index (χ1v) is 10.6. The zero-order valence-electron chi connectivity index (χ0n) is 17.0. The molecule has 0 bridgehead atoms. The van der Waals surface area contributed by atoms with Gasteiger partial charge in [-0.05, 0) is 76.3 Å². The van der Waals surface area contributed by atoms with E-state index in [0.717, 1.165) is 38.7 Å². The van der Waals surface area contributed by atoms with Crippen molar-refractivity contribution in [2.24, 2.45) is 17.8 Å². The van der Waals surface area contributed by atoms with Crippen molar-refractivity contribution in [2.75, 3.05) is 19.8 Å². The lowest BCUT2D eigenvalue weighted by molar-refractivity contribution is -0.0504. The maximum Gasteiger partial charge on any atom is 0.204 e. The predicted octanol–water partition coefficient (Wildman–Crippen LogP) is 5.92. The highest BCUT2D eigenvalue weighted by Crippen LogP contribution is 2.37. The Morgan fingerprint density at radius 2 is 1.68 bits per heavy atom. The molecule has 1 saturated carbocycles. The van der Waals surface area contributed by atoms with Crippen LogP contribution in [0.2, 0.25) is 0 Å². The predicted molar refractivity (Wildman–Crippen MR) is 106 cm³/mol. The molecule has 0 spiro atoms. The first-order valence-electron chi connectivity index (χ1n) is 10.6. The van der Waals surface area contributed by atoms with E-state index in [0.29, 0.717) is 37.1 Å². The average Bonchev–Trinajstić information content (AvgIpc) is 2.72. The van der Waals surface area contributed by atoms with Crippen LogP contribution in [0.5, 0.6) is 11.5 Å². The van der Waals surface area contributed by atoms with Crippen molar-refractivity contribution in [1.82, 2.24) is 0 Å². The first kappa shape index (κ1) is 21.1. The van der Waals surface area contributed by atoms with Crippen molar-refractivity contribution in [3.05, 3.63) is 35.9 Å². The van der Waals surface area contributed by atoms with E-state index in [9.17, 15) is 8.78 Å². The molecule has 3 rings (SSSR count). The van der Waals surface area contributed by atoms with Gasteiger partial charge >= 0.3 is 0 Å². The summed E-state index contributed by atoms with van der Waals surface area (Å²) in [4.78, 5) is 0. The molecule has 0 N–H and O–H groups in total. The lowest BCUT2D eigenvalue weighted by atomic mass is 9.77. The van der Waals surface area contributed by atoms with Crippen molar-refractivity contribution in [3.63, 3.8) is 0 Å². The first-order chi connectivity index (χ1) is 13.6. The Bertz CT molecular complexity index is 645. The molecule has 0 aromatic heterocycles. The lowest BCUT2D eigenvalue weighted by Gasteiger charge is -2.37. The van der Waals surface area contributed by atoms with Crippen LogP contribution in [0.4, 0.5) is 8.78 Å². The lowest BCUT2D eigenvalue weighted by Crippen LogP contribution is -2.34. The van der Waals surface area contributed by atoms with Gasteiger partial charge in [-0.1, -0.05) is 12.2 Å². The van der Waals surface area contributed by atoms with Crippen LogP contribution in [0, 0.1) is 29.4 Å². The highest BCUT2D eigenvalue weighted by Gasteiger charge is 2.31. The Kier molecular flexibility index (Phi) is 7.72. The van der Waals surface area contributed by atoms with Gasteiger partial charge in [-0.25, -0.2) is 0 Å². The third kappa shape index (κ3) is 5.25. The number of benzene rings is 1. The summed E-state index contributed by atoms with van der Waals surface area (Å²) >= 11 is 0. The molecule has 1 aliphatic heterocycles. The Labute approximate surface area is 167 Å². The zero-order chi connectivity index (χ0) is 19.9. The molecule has 156 valence electrons. The van der Waals surface area contributed by atoms with Gasteiger partial charge in [-0.2, -0.15) is 8.78 Å². The van der Waals surface area contributed by atoms with E-state index in [1.807, 2.05) is 0 Å². The van der Waals surface area contributed by atoms with Gasteiger partial charge in [0.2, 0.25) is 11.6 Å². The van der Waals surface area contributed by atoms with Crippen molar-refractivity contribution in [2.45, 2.75) is 58.5 Å². The average molecular weight is 395 g/mol. The molecule has 1 aromatic rings. The second-order valence-corrected chi connectivity index (χ2v) is 7.95. The van der Waals surface area contributed by atoms with Crippen LogP contribution in [0.15, 0.2) is 24.3 Å². The molecule has 1 aromatic carbocycles. The highest BCUT2D eigenvalue weighted by molar-refractivity contribution is 5.35. The van der Waals surface area contributed by atoms with Crippen LogP contribution in [-0.4, -0.2) is 25.9 Å². The Morgan fingerprint density at radius 3 is 2.25 bits per heavy atom. The van der Waals surface area contributed by atoms with Crippen LogP contribution in [0.25, 0.3) is 0 Å². The summed E-state index contributed by atoms with van der Waals surface area (Å²) in [6.45, 7) is 5.34. The van der Waals surface area contributed by atoms with Crippen LogP contribution in [0.1, 0.15) is 52.4 Å². The SMILES string of the molecule is C/C=C/C1CCC(C2CCC(COc3ccc(OCC)c(F)c3F)CC2)OC1. The molecule has 28 heavy (non-hydrogen) atoms. The number of hydrogen-bond acceptors (Lipinski definition) is 3. The van der Waals surface area contributed by atoms with Gasteiger partial charge < -0.3 is 14.2 Å². The number of allylic oxidation sites excluding steroid dienone is 1. The molecule has 1 aliphatic carbocycles. The maximum atomic E-state index is 14.1. The summed E-state index contributed by atoms with van der Waals surface area (Å²) in [7, 11) is 0. The van der Waals surface area contributed by atoms with E-state index >= 15 is 0 Å². The second kappa shape index (κ2) is 10.2. The van der Waals surface area contributed by atoms with Crippen molar-refractivity contribution < 1.29 is 23.0 Å². The van der Waals surface area contributed by atoms with E-state index in [1.165, 1.54) is 18.6 Å². The van der Waals surface area contributed by atoms with Gasteiger partial charge in [-0.15, -0.1) is 0 Å². The van der Waals surface area contributed by atoms with Crippen LogP contribution >= 0.6 is 0 Å². The molecule has 0 amide bonds. The quantitative estimate of drug-likeness (QED) is 0.537. The van der Waals surface area contributed by atoms with Gasteiger partial charge in [-0.3, -0.25) is 0 Å². The molecular weight excluding hydrogens is 362 g/mol. The third-order valence-electron chi connectivity index (χ3n) is 6.01. The van der Waals surface area contributed by atoms with E-state index in [4.69, 9.17) is 14.2 Å². The minimum Gasteiger partial charge on any atom is -0.491 e. The minimum atomic E-state index is -0.978. The van der Waals surface area contributed by atoms with E-state index < -0.39 is 11.6 Å². The van der Waals surface area contributed by atoms with Crippen molar-refractivity contribution in [1.29, 1.82) is 0 Å². The Morgan fingerprint density at radius 1 is 1.00 bits per heavy atom. The number of hydrogen-bond donors (Lipinski definition) is 0. The molecule has 0 radical (unpaired) electrons. The third-order valence-corrected chi connectivity index (χ3v) is 6.01. The number of halogens is 2. The molecule has 2 fully saturated rings. The molecule has 3 nitrogen and oxygen atoms in total. The number of rotatable bonds is 7. The standard InChI is InChI=1S/C23H32F2O3/c1-3-5-16-8-11-19(27-14-16)18-9-6-17(7-10-18)15-28-21-13-12-20(26-4-2)22(24)23(21)25/h3,5,12-13,16-19H,4,6-11,14-15H2,1-2H3/b5-3+. The van der Waals surface area contributed by atoms with Gasteiger partial charge in [0, 0.05) is 5.92 Å². The van der Waals surface area contributed by atoms with E-state index in [2.05, 4.69) is 19.1 Å². The smallest absolute Gasteiger partial charge is 0.204 e. The summed E-state index contributed by atoms with van der Waals surface area (Å²) < 4.78 is 44.9. The summed E-state index contributed by atoms with van der Waals surface area (Å²) in [5.41, 5.74) is 0. The van der Waals surface area contributed by atoms with E-state index in [1.54, 1.807) is 6.92 Å². The summed E-state index contributed by atoms with van der Waals surface area (Å²) in [5, 5.41) is 0. The molecule has 1 saturated heterocycles. The fourth-order valence-corrected chi connectivity index (χ4v) is 4.41. The monoisotopic (exact) mass is 394 g/mol. The fraction of sp³-hybridized carbons (Fsp3) is 0.652. The second-order valence-electron chi connectivity index (χ2n) is 7.95. The van der Waals surface area contributed by atoms with Crippen molar-refractivity contribution in [3.8, 4) is 11.5 Å². The summed E-state index contributed by atoms with van der Waals surface area (Å²) in [6.07, 6.45) is 11.4. The molecular formula is C23H32F2O3. The van der Waals surface area contributed by atoms with Gasteiger partial charge in [0.05, 0.1) is 25.9 Å². The summed E-state index contributed by atoms with van der Waals surface area (Å²) in [6, 6.07) is 2.88. The summed E-state index contributed by atoms with van der Waals surface area (Å²) in [5.74, 6) is -0.493. The Balaban J connectivity index is 1.43. The molecule has 2 atom stereocenters. The largest absolute Gasteiger partial charge is 0.491 e. The van der Waals surface area contributed by atoms with Gasteiger partial charge in [0.1, 0.15) is 0 Å². The fourth-order valence-electron chi connectivity index (χ4n) is 4.41. The van der Waals surface area contributed by atoms with Crippen molar-refractivity contribution >= 4 is 0 Å². The maximum absolute atomic E-state index is 14.1. The number of ether oxygens (including phenoxy) is 3. The van der Waals surface area contributed by atoms with Crippen LogP contribution in [-0.2, 0) is 4.74 Å². The molecule has 1 heterocycles. The minimum absolute atomic E-state index is 0.0336. The molecule has 2 unspecified atom stereocenters.